The smallest absolute Gasteiger partial charge is 0.315 e. The highest BCUT2D eigenvalue weighted by atomic mass is 16.3. The molecule has 6 nitrogen and oxygen atoms in total. The first-order valence-corrected chi connectivity index (χ1v) is 10.0. The van der Waals surface area contributed by atoms with Crippen LogP contribution in [-0.2, 0) is 4.79 Å². The first-order chi connectivity index (χ1) is 13.6. The van der Waals surface area contributed by atoms with Crippen molar-refractivity contribution >= 4 is 11.9 Å². The summed E-state index contributed by atoms with van der Waals surface area (Å²) in [5, 5.41) is 8.57. The molecule has 2 aromatic rings. The van der Waals surface area contributed by atoms with E-state index in [0.29, 0.717) is 25.8 Å². The van der Waals surface area contributed by atoms with Gasteiger partial charge < -0.3 is 20.4 Å². The molecule has 1 aliphatic carbocycles. The largest absolute Gasteiger partial charge is 0.469 e. The molecule has 1 aliphatic rings. The zero-order valence-corrected chi connectivity index (χ0v) is 16.4. The number of urea groups is 1. The quantitative estimate of drug-likeness (QED) is 0.684. The lowest BCUT2D eigenvalue weighted by Gasteiger charge is -2.36. The minimum atomic E-state index is -0.795. The van der Waals surface area contributed by atoms with Gasteiger partial charge in [-0.1, -0.05) is 49.6 Å². The molecule has 0 aliphatic heterocycles. The van der Waals surface area contributed by atoms with Gasteiger partial charge in [0.25, 0.3) is 0 Å². The third kappa shape index (κ3) is 4.74. The zero-order valence-electron chi connectivity index (χ0n) is 16.4. The van der Waals surface area contributed by atoms with Gasteiger partial charge in [-0.25, -0.2) is 4.79 Å². The van der Waals surface area contributed by atoms with Crippen LogP contribution in [0.4, 0.5) is 4.79 Å². The summed E-state index contributed by atoms with van der Waals surface area (Å²) < 4.78 is 5.61. The second-order valence-corrected chi connectivity index (χ2v) is 7.37. The predicted octanol–water partition coefficient (Wildman–Crippen LogP) is 3.55. The van der Waals surface area contributed by atoms with Crippen LogP contribution in [0.5, 0.6) is 0 Å². The number of nitrogens with one attached hydrogen (secondary N) is 3. The van der Waals surface area contributed by atoms with Crippen molar-refractivity contribution in [3.05, 3.63) is 60.1 Å². The first-order valence-electron chi connectivity index (χ1n) is 10.0. The molecule has 1 saturated carbocycles. The van der Waals surface area contributed by atoms with E-state index in [2.05, 4.69) is 28.1 Å². The van der Waals surface area contributed by atoms with E-state index < -0.39 is 5.54 Å². The summed E-state index contributed by atoms with van der Waals surface area (Å²) in [5.74, 6) is 0.835. The highest BCUT2D eigenvalue weighted by Crippen LogP contribution is 2.29. The average molecular weight is 383 g/mol. The number of benzene rings is 1. The Morgan fingerprint density at radius 3 is 2.46 bits per heavy atom. The van der Waals surface area contributed by atoms with Crippen molar-refractivity contribution in [2.75, 3.05) is 13.6 Å². The molecule has 0 spiro atoms. The van der Waals surface area contributed by atoms with E-state index >= 15 is 0 Å². The van der Waals surface area contributed by atoms with Gasteiger partial charge in [0.2, 0.25) is 5.91 Å². The fourth-order valence-electron chi connectivity index (χ4n) is 4.04. The molecule has 1 fully saturated rings. The molecule has 1 heterocycles. The lowest BCUT2D eigenvalue weighted by atomic mass is 9.81. The Balaban J connectivity index is 1.59. The molecule has 0 saturated heterocycles. The van der Waals surface area contributed by atoms with Crippen LogP contribution >= 0.6 is 0 Å². The molecule has 1 aromatic carbocycles. The van der Waals surface area contributed by atoms with Crippen LogP contribution in [0.15, 0.2) is 53.1 Å². The number of carbonyl (C=O) groups excluding carboxylic acids is 2. The van der Waals surface area contributed by atoms with Gasteiger partial charge in [-0.2, -0.15) is 0 Å². The normalized spacial score (nSPS) is 16.8. The molecule has 0 bridgehead atoms. The summed E-state index contributed by atoms with van der Waals surface area (Å²) in [5.41, 5.74) is 0.352. The maximum absolute atomic E-state index is 12.5. The van der Waals surface area contributed by atoms with Crippen molar-refractivity contribution in [2.24, 2.45) is 0 Å². The van der Waals surface area contributed by atoms with E-state index in [9.17, 15) is 9.59 Å². The maximum atomic E-state index is 12.5. The highest BCUT2D eigenvalue weighted by Gasteiger charge is 2.40. The Bertz CT molecular complexity index is 753. The van der Waals surface area contributed by atoms with Crippen LogP contribution < -0.4 is 16.0 Å². The molecule has 28 heavy (non-hydrogen) atoms. The Hall–Kier alpha value is -2.76. The van der Waals surface area contributed by atoms with Crippen molar-refractivity contribution in [2.45, 2.75) is 50.0 Å². The molecule has 0 radical (unpaired) electrons. The lowest BCUT2D eigenvalue weighted by Crippen LogP contribution is -2.61. The molecule has 3 amide bonds. The van der Waals surface area contributed by atoms with Gasteiger partial charge in [-0.3, -0.25) is 4.79 Å². The van der Waals surface area contributed by atoms with E-state index in [1.54, 1.807) is 13.3 Å². The highest BCUT2D eigenvalue weighted by molar-refractivity contribution is 5.91. The molecular formula is C22H29N3O3. The number of amides is 3. The minimum absolute atomic E-state index is 0.0686. The number of furan rings is 1. The van der Waals surface area contributed by atoms with Crippen molar-refractivity contribution in [3.8, 4) is 0 Å². The van der Waals surface area contributed by atoms with E-state index in [4.69, 9.17) is 4.42 Å². The standard InChI is InChI=1S/C22H29N3O3/c1-23-20(26)22(13-6-3-7-14-22)25-21(27)24-15-12-18(19-11-8-16-28-19)17-9-4-2-5-10-17/h2,4-5,8-11,16,18H,3,6-7,12-15H2,1H3,(H,23,26)(H2,24,25,27). The SMILES string of the molecule is CNC(=O)C1(NC(=O)NCCC(c2ccccc2)c2ccco2)CCCCC1. The van der Waals surface area contributed by atoms with Crippen LogP contribution in [-0.4, -0.2) is 31.1 Å². The summed E-state index contributed by atoms with van der Waals surface area (Å²) in [6.07, 6.45) is 6.73. The predicted molar refractivity (Wildman–Crippen MR) is 108 cm³/mol. The molecule has 3 rings (SSSR count). The number of carbonyl (C=O) groups is 2. The van der Waals surface area contributed by atoms with E-state index in [1.165, 1.54) is 0 Å². The number of hydrogen-bond acceptors (Lipinski definition) is 3. The summed E-state index contributed by atoms with van der Waals surface area (Å²) in [7, 11) is 1.62. The van der Waals surface area contributed by atoms with Crippen LogP contribution in [0.1, 0.15) is 55.8 Å². The fraction of sp³-hybridized carbons (Fsp3) is 0.455. The van der Waals surface area contributed by atoms with Crippen LogP contribution in [0.2, 0.25) is 0 Å². The second-order valence-electron chi connectivity index (χ2n) is 7.37. The van der Waals surface area contributed by atoms with Gasteiger partial charge in [0.05, 0.1) is 6.26 Å². The van der Waals surface area contributed by atoms with Crippen LogP contribution in [0.25, 0.3) is 0 Å². The average Bonchev–Trinajstić information content (AvgIpc) is 3.26. The third-order valence-electron chi connectivity index (χ3n) is 5.53. The molecule has 1 aromatic heterocycles. The molecule has 150 valence electrons. The second kappa shape index (κ2) is 9.44. The minimum Gasteiger partial charge on any atom is -0.469 e. The molecule has 6 heteroatoms. The van der Waals surface area contributed by atoms with Gasteiger partial charge in [-0.05, 0) is 37.0 Å². The lowest BCUT2D eigenvalue weighted by molar-refractivity contribution is -0.128. The maximum Gasteiger partial charge on any atom is 0.315 e. The van der Waals surface area contributed by atoms with E-state index in [-0.39, 0.29) is 17.9 Å². The zero-order chi connectivity index (χ0) is 19.8. The van der Waals surface area contributed by atoms with E-state index in [1.807, 2.05) is 30.3 Å². The van der Waals surface area contributed by atoms with Crippen LogP contribution in [0, 0.1) is 0 Å². The summed E-state index contributed by atoms with van der Waals surface area (Å²) in [6.45, 7) is 0.482. The summed E-state index contributed by atoms with van der Waals surface area (Å²) in [6, 6.07) is 13.7. The van der Waals surface area contributed by atoms with Crippen molar-refractivity contribution in [1.82, 2.24) is 16.0 Å². The first kappa shape index (κ1) is 20.0. The van der Waals surface area contributed by atoms with Gasteiger partial charge >= 0.3 is 6.03 Å². The number of likely N-dealkylation sites (N-methyl/N-ethyl adjacent to an activating group) is 1. The Labute approximate surface area is 166 Å². The topological polar surface area (TPSA) is 83.4 Å². The molecular weight excluding hydrogens is 354 g/mol. The van der Waals surface area contributed by atoms with Crippen LogP contribution in [0.3, 0.4) is 0 Å². The van der Waals surface area contributed by atoms with Crippen molar-refractivity contribution < 1.29 is 14.0 Å². The van der Waals surface area contributed by atoms with Crippen molar-refractivity contribution in [1.29, 1.82) is 0 Å². The Morgan fingerprint density at radius 1 is 1.07 bits per heavy atom. The number of rotatable bonds is 7. The Kier molecular flexibility index (Phi) is 6.74. The monoisotopic (exact) mass is 383 g/mol. The third-order valence-corrected chi connectivity index (χ3v) is 5.53. The summed E-state index contributed by atoms with van der Waals surface area (Å²) >= 11 is 0. The van der Waals surface area contributed by atoms with Gasteiger partial charge in [0.1, 0.15) is 11.3 Å². The Morgan fingerprint density at radius 2 is 1.82 bits per heavy atom. The van der Waals surface area contributed by atoms with Gasteiger partial charge in [0, 0.05) is 19.5 Å². The molecule has 1 unspecified atom stereocenters. The van der Waals surface area contributed by atoms with Gasteiger partial charge in [-0.15, -0.1) is 0 Å². The van der Waals surface area contributed by atoms with E-state index in [0.717, 1.165) is 30.6 Å². The molecule has 3 N–H and O–H groups in total. The summed E-state index contributed by atoms with van der Waals surface area (Å²) in [4.78, 5) is 24.9. The fourth-order valence-corrected chi connectivity index (χ4v) is 4.04. The molecule has 1 atom stereocenters. The van der Waals surface area contributed by atoms with Gasteiger partial charge in [0.15, 0.2) is 0 Å². The van der Waals surface area contributed by atoms with Crippen molar-refractivity contribution in [3.63, 3.8) is 0 Å². The number of hydrogen-bond donors (Lipinski definition) is 3.